The zero-order chi connectivity index (χ0) is 15.3. The minimum absolute atomic E-state index is 0.00382. The van der Waals surface area contributed by atoms with E-state index in [9.17, 15) is 12.8 Å². The fourth-order valence-electron chi connectivity index (χ4n) is 1.68. The molecule has 0 saturated carbocycles. The molecule has 0 aliphatic rings. The van der Waals surface area contributed by atoms with Gasteiger partial charge in [0, 0.05) is 25.7 Å². The lowest BCUT2D eigenvalue weighted by Crippen LogP contribution is -2.32. The fraction of sp³-hybridized carbons (Fsp3) is 0.538. The highest BCUT2D eigenvalue weighted by atomic mass is 32.2. The molecule has 0 heterocycles. The van der Waals surface area contributed by atoms with Gasteiger partial charge in [0.05, 0.1) is 17.6 Å². The van der Waals surface area contributed by atoms with Crippen LogP contribution in [0.3, 0.4) is 0 Å². The molecule has 0 bridgehead atoms. The molecule has 1 aromatic rings. The zero-order valence-corrected chi connectivity index (χ0v) is 12.8. The van der Waals surface area contributed by atoms with E-state index in [1.807, 2.05) is 13.8 Å². The zero-order valence-electron chi connectivity index (χ0n) is 12.0. The Hall–Kier alpha value is -1.02. The molecule has 1 aromatic carbocycles. The van der Waals surface area contributed by atoms with E-state index in [0.29, 0.717) is 0 Å². The van der Waals surface area contributed by atoms with Crippen molar-refractivity contribution < 1.29 is 17.5 Å². The number of nitrogens with two attached hydrogens (primary N) is 1. The van der Waals surface area contributed by atoms with Crippen molar-refractivity contribution >= 4 is 10.0 Å². The van der Waals surface area contributed by atoms with Crippen molar-refractivity contribution in [3.63, 3.8) is 0 Å². The monoisotopic (exact) mass is 304 g/mol. The van der Waals surface area contributed by atoms with Gasteiger partial charge in [-0.3, -0.25) is 0 Å². The number of hydrogen-bond donors (Lipinski definition) is 1. The van der Waals surface area contributed by atoms with E-state index in [2.05, 4.69) is 0 Å². The molecule has 0 amide bonds. The highest BCUT2D eigenvalue weighted by Crippen LogP contribution is 2.21. The van der Waals surface area contributed by atoms with Crippen molar-refractivity contribution in [2.45, 2.75) is 31.4 Å². The molecule has 114 valence electrons. The van der Waals surface area contributed by atoms with Crippen LogP contribution in [-0.2, 0) is 21.3 Å². The summed E-state index contributed by atoms with van der Waals surface area (Å²) in [7, 11) is -2.33. The predicted molar refractivity (Wildman–Crippen MR) is 75.2 cm³/mol. The first-order valence-corrected chi connectivity index (χ1v) is 7.80. The van der Waals surface area contributed by atoms with E-state index in [4.69, 9.17) is 10.5 Å². The van der Waals surface area contributed by atoms with Crippen LogP contribution in [0.2, 0.25) is 0 Å². The Balaban J connectivity index is 2.96. The molecule has 0 aliphatic heterocycles. The van der Waals surface area contributed by atoms with Crippen molar-refractivity contribution in [3.8, 4) is 0 Å². The molecular formula is C13H21FN2O3S. The van der Waals surface area contributed by atoms with Crippen LogP contribution in [0.5, 0.6) is 0 Å². The number of halogens is 1. The summed E-state index contributed by atoms with van der Waals surface area (Å²) < 4.78 is 44.9. The van der Waals surface area contributed by atoms with Crippen LogP contribution in [-0.4, -0.2) is 39.0 Å². The van der Waals surface area contributed by atoms with E-state index in [1.165, 1.54) is 25.2 Å². The molecule has 0 unspecified atom stereocenters. The Morgan fingerprint density at radius 2 is 2.05 bits per heavy atom. The first kappa shape index (κ1) is 17.0. The summed E-state index contributed by atoms with van der Waals surface area (Å²) in [5.41, 5.74) is 5.44. The molecular weight excluding hydrogens is 283 g/mol. The van der Waals surface area contributed by atoms with Gasteiger partial charge < -0.3 is 10.5 Å². The standard InChI is InChI=1S/C13H21FN2O3S/c1-10(2)19-8-7-16(3)20(17,18)13-6-4-5-12(14)11(13)9-15/h4-6,10H,7-9,15H2,1-3H3. The van der Waals surface area contributed by atoms with Crippen LogP contribution in [0, 0.1) is 5.82 Å². The van der Waals surface area contributed by atoms with Crippen molar-refractivity contribution in [2.24, 2.45) is 5.73 Å². The van der Waals surface area contributed by atoms with E-state index >= 15 is 0 Å². The molecule has 7 heteroatoms. The fourth-order valence-corrected chi connectivity index (χ4v) is 3.08. The van der Waals surface area contributed by atoms with E-state index in [1.54, 1.807) is 0 Å². The maximum atomic E-state index is 13.6. The molecule has 0 aliphatic carbocycles. The third kappa shape index (κ3) is 3.99. The number of rotatable bonds is 7. The Morgan fingerprint density at radius 1 is 1.40 bits per heavy atom. The molecule has 2 N–H and O–H groups in total. The summed E-state index contributed by atoms with van der Waals surface area (Å²) in [6.45, 7) is 4.04. The molecule has 0 radical (unpaired) electrons. The number of hydrogen-bond acceptors (Lipinski definition) is 4. The topological polar surface area (TPSA) is 72.6 Å². The summed E-state index contributed by atoms with van der Waals surface area (Å²) in [4.78, 5) is -0.0907. The maximum Gasteiger partial charge on any atom is 0.243 e. The lowest BCUT2D eigenvalue weighted by Gasteiger charge is -2.19. The van der Waals surface area contributed by atoms with Gasteiger partial charge in [0.25, 0.3) is 0 Å². The largest absolute Gasteiger partial charge is 0.377 e. The third-order valence-electron chi connectivity index (χ3n) is 2.83. The smallest absolute Gasteiger partial charge is 0.243 e. The van der Waals surface area contributed by atoms with Gasteiger partial charge in [-0.1, -0.05) is 6.07 Å². The summed E-state index contributed by atoms with van der Waals surface area (Å²) >= 11 is 0. The molecule has 0 spiro atoms. The number of likely N-dealkylation sites (N-methyl/N-ethyl adjacent to an activating group) is 1. The second kappa shape index (κ2) is 7.12. The molecule has 0 fully saturated rings. The van der Waals surface area contributed by atoms with E-state index in [-0.39, 0.29) is 36.3 Å². The SMILES string of the molecule is CC(C)OCCN(C)S(=O)(=O)c1cccc(F)c1CN. The minimum Gasteiger partial charge on any atom is -0.377 e. The van der Waals surface area contributed by atoms with Crippen LogP contribution < -0.4 is 5.73 Å². The van der Waals surface area contributed by atoms with Gasteiger partial charge in [-0.05, 0) is 26.0 Å². The second-order valence-corrected chi connectivity index (χ2v) is 6.68. The van der Waals surface area contributed by atoms with Gasteiger partial charge in [0.2, 0.25) is 10.0 Å². The highest BCUT2D eigenvalue weighted by molar-refractivity contribution is 7.89. The average Bonchev–Trinajstić information content (AvgIpc) is 2.37. The van der Waals surface area contributed by atoms with Crippen LogP contribution >= 0.6 is 0 Å². The summed E-state index contributed by atoms with van der Waals surface area (Å²) in [5, 5.41) is 0. The number of ether oxygens (including phenoxy) is 1. The maximum absolute atomic E-state index is 13.6. The molecule has 1 rings (SSSR count). The van der Waals surface area contributed by atoms with Crippen LogP contribution in [0.15, 0.2) is 23.1 Å². The summed E-state index contributed by atoms with van der Waals surface area (Å²) in [6.07, 6.45) is 0.0277. The Morgan fingerprint density at radius 3 is 2.60 bits per heavy atom. The first-order valence-electron chi connectivity index (χ1n) is 6.36. The molecule has 20 heavy (non-hydrogen) atoms. The van der Waals surface area contributed by atoms with Crippen LogP contribution in [0.4, 0.5) is 4.39 Å². The van der Waals surface area contributed by atoms with Crippen molar-refractivity contribution in [1.82, 2.24) is 4.31 Å². The van der Waals surface area contributed by atoms with Crippen LogP contribution in [0.1, 0.15) is 19.4 Å². The van der Waals surface area contributed by atoms with Crippen molar-refractivity contribution in [1.29, 1.82) is 0 Å². The number of benzene rings is 1. The van der Waals surface area contributed by atoms with Gasteiger partial charge >= 0.3 is 0 Å². The van der Waals surface area contributed by atoms with Gasteiger partial charge in [0.1, 0.15) is 5.82 Å². The molecule has 5 nitrogen and oxygen atoms in total. The quantitative estimate of drug-likeness (QED) is 0.825. The molecule has 0 aromatic heterocycles. The Labute approximate surface area is 119 Å². The van der Waals surface area contributed by atoms with E-state index < -0.39 is 15.8 Å². The van der Waals surface area contributed by atoms with E-state index in [0.717, 1.165) is 4.31 Å². The highest BCUT2D eigenvalue weighted by Gasteiger charge is 2.24. The van der Waals surface area contributed by atoms with Gasteiger partial charge in [0.15, 0.2) is 0 Å². The Bertz CT molecular complexity index is 547. The van der Waals surface area contributed by atoms with Gasteiger partial charge in [-0.15, -0.1) is 0 Å². The second-order valence-electron chi connectivity index (χ2n) is 4.67. The normalized spacial score (nSPS) is 12.3. The number of nitrogens with zero attached hydrogens (tertiary/aromatic N) is 1. The van der Waals surface area contributed by atoms with Gasteiger partial charge in [-0.25, -0.2) is 12.8 Å². The van der Waals surface area contributed by atoms with Crippen LogP contribution in [0.25, 0.3) is 0 Å². The summed E-state index contributed by atoms with van der Waals surface area (Å²) in [6, 6.07) is 3.92. The Kier molecular flexibility index (Phi) is 6.07. The van der Waals surface area contributed by atoms with Gasteiger partial charge in [-0.2, -0.15) is 4.31 Å². The minimum atomic E-state index is -3.77. The lowest BCUT2D eigenvalue weighted by atomic mass is 10.2. The van der Waals surface area contributed by atoms with Crippen molar-refractivity contribution in [2.75, 3.05) is 20.2 Å². The average molecular weight is 304 g/mol. The lowest BCUT2D eigenvalue weighted by molar-refractivity contribution is 0.0737. The first-order chi connectivity index (χ1) is 9.30. The third-order valence-corrected chi connectivity index (χ3v) is 4.77. The molecule has 0 atom stereocenters. The van der Waals surface area contributed by atoms with Crippen molar-refractivity contribution in [3.05, 3.63) is 29.6 Å². The molecule has 0 saturated heterocycles. The summed E-state index contributed by atoms with van der Waals surface area (Å²) in [5.74, 6) is -0.611. The predicted octanol–water partition coefficient (Wildman–Crippen LogP) is 1.33. The number of sulfonamides is 1.